The molecule has 2 aromatic rings. The lowest BCUT2D eigenvalue weighted by atomic mass is 9.90. The van der Waals surface area contributed by atoms with Gasteiger partial charge >= 0.3 is 5.97 Å². The van der Waals surface area contributed by atoms with Crippen LogP contribution in [0.2, 0.25) is 10.0 Å². The largest absolute Gasteiger partial charge is 0.420 e. The number of carbonyl (C=O) groups is 1. The number of ether oxygens (including phenoxy) is 1. The molecule has 0 amide bonds. The van der Waals surface area contributed by atoms with E-state index in [4.69, 9.17) is 27.9 Å². The summed E-state index contributed by atoms with van der Waals surface area (Å²) in [6.45, 7) is 7.69. The molecule has 0 aliphatic rings. The Bertz CT molecular complexity index is 716. The number of rotatable bonds is 7. The fourth-order valence-corrected chi connectivity index (χ4v) is 2.94. The number of hydrogen-bond acceptors (Lipinski definition) is 3. The van der Waals surface area contributed by atoms with E-state index in [0.717, 1.165) is 18.7 Å². The molecule has 2 rings (SSSR count). The highest BCUT2D eigenvalue weighted by Gasteiger charge is 2.14. The van der Waals surface area contributed by atoms with Crippen molar-refractivity contribution in [3.63, 3.8) is 0 Å². The van der Waals surface area contributed by atoms with Crippen molar-refractivity contribution in [3.05, 3.63) is 58.1 Å². The number of anilines is 1. The van der Waals surface area contributed by atoms with Gasteiger partial charge < -0.3 is 10.1 Å². The zero-order valence-electron chi connectivity index (χ0n) is 15.4. The quantitative estimate of drug-likeness (QED) is 0.317. The summed E-state index contributed by atoms with van der Waals surface area (Å²) in [4.78, 5) is 12.3. The van der Waals surface area contributed by atoms with E-state index in [1.165, 1.54) is 12.8 Å². The molecule has 0 bridgehead atoms. The molecular weight excluding hydrogens is 369 g/mol. The van der Waals surface area contributed by atoms with E-state index in [0.29, 0.717) is 21.0 Å². The molecule has 0 aromatic heterocycles. The van der Waals surface area contributed by atoms with Gasteiger partial charge in [-0.3, -0.25) is 0 Å². The van der Waals surface area contributed by atoms with Gasteiger partial charge in [-0.2, -0.15) is 0 Å². The summed E-state index contributed by atoms with van der Waals surface area (Å²) in [6.07, 6.45) is 3.52. The lowest BCUT2D eigenvalue weighted by Crippen LogP contribution is -2.10. The van der Waals surface area contributed by atoms with Crippen molar-refractivity contribution in [1.29, 1.82) is 0 Å². The molecule has 5 heteroatoms. The number of carbonyl (C=O) groups excluding carboxylic acids is 1. The first-order valence-electron chi connectivity index (χ1n) is 8.76. The van der Waals surface area contributed by atoms with Gasteiger partial charge in [-0.25, -0.2) is 4.79 Å². The second-order valence-corrected chi connectivity index (χ2v) is 8.28. The number of hydrogen-bond donors (Lipinski definition) is 1. The molecule has 0 radical (unpaired) electrons. The van der Waals surface area contributed by atoms with E-state index < -0.39 is 5.97 Å². The molecule has 3 nitrogen and oxygen atoms in total. The van der Waals surface area contributed by atoms with Crippen molar-refractivity contribution in [2.75, 3.05) is 11.9 Å². The maximum Gasteiger partial charge on any atom is 0.343 e. The lowest BCUT2D eigenvalue weighted by molar-refractivity contribution is 0.0735. The van der Waals surface area contributed by atoms with Crippen LogP contribution in [0.15, 0.2) is 42.5 Å². The van der Waals surface area contributed by atoms with Gasteiger partial charge in [0.15, 0.2) is 5.75 Å². The van der Waals surface area contributed by atoms with Crippen LogP contribution in [0.3, 0.4) is 0 Å². The zero-order valence-corrected chi connectivity index (χ0v) is 17.0. The van der Waals surface area contributed by atoms with Crippen molar-refractivity contribution in [2.24, 2.45) is 5.41 Å². The number of nitrogens with one attached hydrogen (secondary N) is 1. The van der Waals surface area contributed by atoms with Crippen LogP contribution in [0.25, 0.3) is 0 Å². The van der Waals surface area contributed by atoms with Crippen LogP contribution < -0.4 is 10.1 Å². The smallest absolute Gasteiger partial charge is 0.343 e. The van der Waals surface area contributed by atoms with Crippen molar-refractivity contribution in [3.8, 4) is 5.75 Å². The molecule has 0 fully saturated rings. The first-order valence-corrected chi connectivity index (χ1v) is 9.52. The summed E-state index contributed by atoms with van der Waals surface area (Å²) >= 11 is 12.1. The third kappa shape index (κ3) is 6.54. The second-order valence-electron chi connectivity index (χ2n) is 7.46. The van der Waals surface area contributed by atoms with E-state index in [1.807, 2.05) is 12.1 Å². The summed E-state index contributed by atoms with van der Waals surface area (Å²) < 4.78 is 5.32. The zero-order chi connectivity index (χ0) is 19.2. The maximum absolute atomic E-state index is 12.3. The minimum atomic E-state index is -0.489. The third-order valence-electron chi connectivity index (χ3n) is 3.92. The van der Waals surface area contributed by atoms with Crippen molar-refractivity contribution >= 4 is 34.9 Å². The fourth-order valence-electron chi connectivity index (χ4n) is 2.47. The number of esters is 1. The Labute approximate surface area is 165 Å². The molecule has 140 valence electrons. The molecule has 0 spiro atoms. The molecule has 0 aliphatic carbocycles. The first-order chi connectivity index (χ1) is 12.3. The van der Waals surface area contributed by atoms with Gasteiger partial charge in [-0.05, 0) is 54.7 Å². The minimum Gasteiger partial charge on any atom is -0.420 e. The van der Waals surface area contributed by atoms with E-state index in [1.54, 1.807) is 30.3 Å². The predicted molar refractivity (Wildman–Crippen MR) is 110 cm³/mol. The lowest BCUT2D eigenvalue weighted by Gasteiger charge is -2.17. The van der Waals surface area contributed by atoms with E-state index >= 15 is 0 Å². The molecule has 0 aliphatic heterocycles. The van der Waals surface area contributed by atoms with Crippen LogP contribution >= 0.6 is 23.2 Å². The summed E-state index contributed by atoms with van der Waals surface area (Å²) in [5.41, 5.74) is 1.80. The van der Waals surface area contributed by atoms with Crippen LogP contribution in [-0.4, -0.2) is 12.5 Å². The van der Waals surface area contributed by atoms with E-state index in [2.05, 4.69) is 26.1 Å². The molecule has 0 unspecified atom stereocenters. The van der Waals surface area contributed by atoms with Gasteiger partial charge in [0.2, 0.25) is 0 Å². The van der Waals surface area contributed by atoms with Crippen LogP contribution in [0.5, 0.6) is 5.75 Å². The Hall–Kier alpha value is -1.71. The molecule has 2 aromatic carbocycles. The second kappa shape index (κ2) is 9.29. The van der Waals surface area contributed by atoms with Crippen LogP contribution in [0.4, 0.5) is 5.69 Å². The van der Waals surface area contributed by atoms with Gasteiger partial charge in [0, 0.05) is 12.2 Å². The van der Waals surface area contributed by atoms with Gasteiger partial charge in [0.25, 0.3) is 0 Å². The van der Waals surface area contributed by atoms with Crippen molar-refractivity contribution in [2.45, 2.75) is 40.0 Å². The fraction of sp³-hybridized carbons (Fsp3) is 0.381. The highest BCUT2D eigenvalue weighted by molar-refractivity contribution is 6.37. The van der Waals surface area contributed by atoms with E-state index in [-0.39, 0.29) is 5.75 Å². The summed E-state index contributed by atoms with van der Waals surface area (Å²) in [5, 5.41) is 3.98. The van der Waals surface area contributed by atoms with E-state index in [9.17, 15) is 4.79 Å². The van der Waals surface area contributed by atoms with Crippen LogP contribution in [0, 0.1) is 5.41 Å². The average molecular weight is 394 g/mol. The summed E-state index contributed by atoms with van der Waals surface area (Å²) in [6, 6.07) is 12.1. The van der Waals surface area contributed by atoms with Crippen LogP contribution in [0.1, 0.15) is 50.4 Å². The monoisotopic (exact) mass is 393 g/mol. The average Bonchev–Trinajstić information content (AvgIpc) is 2.57. The van der Waals surface area contributed by atoms with Gasteiger partial charge in [-0.15, -0.1) is 0 Å². The molecular formula is C21H25Cl2NO2. The molecule has 1 N–H and O–H groups in total. The van der Waals surface area contributed by atoms with Crippen molar-refractivity contribution < 1.29 is 9.53 Å². The molecule has 26 heavy (non-hydrogen) atoms. The normalized spacial score (nSPS) is 11.3. The molecule has 0 heterocycles. The standard InChI is InChI=1S/C21H25Cl2NO2/c1-21(2,3)13-4-5-14-24-16-11-9-15(10-12-16)20(25)26-19-17(22)7-6-8-18(19)23/h6-12,24H,4-5,13-14H2,1-3H3. The highest BCUT2D eigenvalue weighted by atomic mass is 35.5. The Balaban J connectivity index is 1.86. The summed E-state index contributed by atoms with van der Waals surface area (Å²) in [7, 11) is 0. The highest BCUT2D eigenvalue weighted by Crippen LogP contribution is 2.33. The Morgan fingerprint density at radius 1 is 1.00 bits per heavy atom. The van der Waals surface area contributed by atoms with Gasteiger partial charge in [0.05, 0.1) is 15.6 Å². The van der Waals surface area contributed by atoms with Gasteiger partial charge in [0.1, 0.15) is 0 Å². The SMILES string of the molecule is CC(C)(C)CCCCNc1ccc(C(=O)Oc2c(Cl)cccc2Cl)cc1. The third-order valence-corrected chi connectivity index (χ3v) is 4.51. The number of halogens is 2. The molecule has 0 saturated heterocycles. The Morgan fingerprint density at radius 3 is 2.19 bits per heavy atom. The maximum atomic E-state index is 12.3. The molecule has 0 atom stereocenters. The Kier molecular flexibility index (Phi) is 7.36. The molecule has 0 saturated carbocycles. The number of unbranched alkanes of at least 4 members (excludes halogenated alkanes) is 1. The Morgan fingerprint density at radius 2 is 1.62 bits per heavy atom. The van der Waals surface area contributed by atoms with Crippen LogP contribution in [-0.2, 0) is 0 Å². The number of para-hydroxylation sites is 1. The minimum absolute atomic E-state index is 0.182. The van der Waals surface area contributed by atoms with Gasteiger partial charge in [-0.1, -0.05) is 56.5 Å². The first kappa shape index (κ1) is 20.6. The predicted octanol–water partition coefficient (Wildman–Crippen LogP) is 6.84. The topological polar surface area (TPSA) is 38.3 Å². The number of benzene rings is 2. The summed E-state index contributed by atoms with van der Waals surface area (Å²) in [5.74, 6) is -0.307. The van der Waals surface area contributed by atoms with Crippen molar-refractivity contribution in [1.82, 2.24) is 0 Å².